The molecule has 4 aliphatic rings. The number of rotatable bonds is 2. The van der Waals surface area contributed by atoms with E-state index in [0.29, 0.717) is 30.1 Å². The third-order valence-corrected chi connectivity index (χ3v) is 3.42. The fraction of sp³-hybridized carbons (Fsp3) is 0.750. The number of hydrogen-bond donors (Lipinski definition) is 0. The molecule has 11 heavy (non-hydrogen) atoms. The van der Waals surface area contributed by atoms with Crippen molar-refractivity contribution in [2.24, 2.45) is 23.2 Å². The molecule has 0 spiro atoms. The maximum absolute atomic E-state index is 10.8. The Kier molecular flexibility index (Phi) is 0.646. The van der Waals surface area contributed by atoms with E-state index in [2.05, 4.69) is 0 Å². The van der Waals surface area contributed by atoms with Crippen LogP contribution in [0.1, 0.15) is 6.92 Å². The lowest BCUT2D eigenvalue weighted by atomic mass is 9.75. The van der Waals surface area contributed by atoms with E-state index in [4.69, 9.17) is 4.74 Å². The highest BCUT2D eigenvalue weighted by Gasteiger charge is 3.01. The molecule has 2 bridgehead atoms. The number of carbonyl (C=O) groups excluding carboxylic acids is 2. The summed E-state index contributed by atoms with van der Waals surface area (Å²) in [6, 6.07) is 0. The summed E-state index contributed by atoms with van der Waals surface area (Å²) in [4.78, 5) is 21.2. The van der Waals surface area contributed by atoms with Crippen molar-refractivity contribution in [3.63, 3.8) is 0 Å². The molecule has 0 aromatic heterocycles. The molecule has 4 aliphatic carbocycles. The molecule has 2 atom stereocenters. The molecule has 58 valence electrons. The van der Waals surface area contributed by atoms with Crippen molar-refractivity contribution in [3.05, 3.63) is 0 Å². The van der Waals surface area contributed by atoms with Crippen LogP contribution in [0.3, 0.4) is 0 Å². The third kappa shape index (κ3) is 0.377. The van der Waals surface area contributed by atoms with Crippen LogP contribution in [-0.2, 0) is 14.3 Å². The van der Waals surface area contributed by atoms with Crippen molar-refractivity contribution in [3.8, 4) is 0 Å². The Balaban J connectivity index is 1.62. The van der Waals surface area contributed by atoms with E-state index in [1.807, 2.05) is 0 Å². The summed E-state index contributed by atoms with van der Waals surface area (Å²) in [6.45, 7) is 1.90. The van der Waals surface area contributed by atoms with E-state index in [1.54, 1.807) is 0 Å². The SMILES string of the molecule is CC(=O)OCC12C3C(=O)C1C32. The highest BCUT2D eigenvalue weighted by molar-refractivity contribution is 6.08. The largest absolute Gasteiger partial charge is 0.465 e. The highest BCUT2D eigenvalue weighted by atomic mass is 16.5. The van der Waals surface area contributed by atoms with Gasteiger partial charge in [0.1, 0.15) is 5.78 Å². The van der Waals surface area contributed by atoms with Gasteiger partial charge in [0.15, 0.2) is 0 Å². The molecule has 2 unspecified atom stereocenters. The Bertz CT molecular complexity index is 267. The minimum Gasteiger partial charge on any atom is -0.465 e. The molecule has 0 radical (unpaired) electrons. The van der Waals surface area contributed by atoms with Crippen LogP contribution in [0.2, 0.25) is 0 Å². The monoisotopic (exact) mass is 152 g/mol. The van der Waals surface area contributed by atoms with Gasteiger partial charge in [-0.2, -0.15) is 0 Å². The van der Waals surface area contributed by atoms with Crippen molar-refractivity contribution in [2.75, 3.05) is 6.61 Å². The van der Waals surface area contributed by atoms with E-state index < -0.39 is 0 Å². The van der Waals surface area contributed by atoms with Gasteiger partial charge in [-0.25, -0.2) is 0 Å². The summed E-state index contributed by atoms with van der Waals surface area (Å²) in [6.07, 6.45) is 0. The molecular weight excluding hydrogens is 144 g/mol. The number of carbonyl (C=O) groups is 2. The fourth-order valence-electron chi connectivity index (χ4n) is 2.61. The summed E-state index contributed by atoms with van der Waals surface area (Å²) in [5.74, 6) is 1.39. The maximum Gasteiger partial charge on any atom is 0.302 e. The molecule has 0 N–H and O–H groups in total. The van der Waals surface area contributed by atoms with Crippen molar-refractivity contribution >= 4 is 11.8 Å². The number of Topliss-reactive ketones (excluding diaryl/α,β-unsaturated/α-hetero) is 1. The number of ether oxygens (including phenoxy) is 1. The molecule has 0 aromatic rings. The second-order valence-corrected chi connectivity index (χ2v) is 3.78. The van der Waals surface area contributed by atoms with Gasteiger partial charge in [0.05, 0.1) is 6.61 Å². The second-order valence-electron chi connectivity index (χ2n) is 3.78. The van der Waals surface area contributed by atoms with Gasteiger partial charge in [-0.05, 0) is 5.92 Å². The summed E-state index contributed by atoms with van der Waals surface area (Å²) in [5.41, 5.74) is 0.183. The number of hydrogen-bond acceptors (Lipinski definition) is 3. The van der Waals surface area contributed by atoms with E-state index in [0.717, 1.165) is 0 Å². The van der Waals surface area contributed by atoms with Gasteiger partial charge in [-0.15, -0.1) is 0 Å². The first-order chi connectivity index (χ1) is 5.19. The summed E-state index contributed by atoms with van der Waals surface area (Å²) in [7, 11) is 0. The van der Waals surface area contributed by atoms with Crippen LogP contribution in [0.15, 0.2) is 0 Å². The summed E-state index contributed by atoms with van der Waals surface area (Å²) >= 11 is 0. The van der Waals surface area contributed by atoms with Crippen LogP contribution in [0, 0.1) is 23.2 Å². The van der Waals surface area contributed by atoms with Crippen LogP contribution in [0.25, 0.3) is 0 Å². The lowest BCUT2D eigenvalue weighted by molar-refractivity contribution is -0.148. The van der Waals surface area contributed by atoms with E-state index in [1.165, 1.54) is 6.92 Å². The molecule has 3 nitrogen and oxygen atoms in total. The van der Waals surface area contributed by atoms with Gasteiger partial charge in [0.25, 0.3) is 0 Å². The average Bonchev–Trinajstić information content (AvgIpc) is 2.64. The Morgan fingerprint density at radius 2 is 2.27 bits per heavy atom. The minimum absolute atomic E-state index is 0.183. The first-order valence-corrected chi connectivity index (χ1v) is 3.86. The van der Waals surface area contributed by atoms with Crippen molar-refractivity contribution < 1.29 is 14.3 Å². The van der Waals surface area contributed by atoms with Gasteiger partial charge in [0, 0.05) is 24.2 Å². The van der Waals surface area contributed by atoms with E-state index in [9.17, 15) is 9.59 Å². The molecule has 3 heteroatoms. The molecule has 0 aromatic carbocycles. The van der Waals surface area contributed by atoms with Crippen molar-refractivity contribution in [1.82, 2.24) is 0 Å². The van der Waals surface area contributed by atoms with E-state index in [-0.39, 0.29) is 11.4 Å². The van der Waals surface area contributed by atoms with Crippen molar-refractivity contribution in [2.45, 2.75) is 6.92 Å². The fourth-order valence-corrected chi connectivity index (χ4v) is 2.61. The number of esters is 1. The van der Waals surface area contributed by atoms with Gasteiger partial charge in [0.2, 0.25) is 0 Å². The highest BCUT2D eigenvalue weighted by Crippen LogP contribution is 2.94. The van der Waals surface area contributed by atoms with Crippen LogP contribution in [0.4, 0.5) is 0 Å². The third-order valence-electron chi connectivity index (χ3n) is 3.42. The topological polar surface area (TPSA) is 43.4 Å². The molecular formula is C8H8O3. The van der Waals surface area contributed by atoms with Crippen LogP contribution >= 0.6 is 0 Å². The summed E-state index contributed by atoms with van der Waals surface area (Å²) in [5, 5.41) is 0. The van der Waals surface area contributed by atoms with Crippen LogP contribution in [0.5, 0.6) is 0 Å². The minimum atomic E-state index is -0.233. The molecule has 0 amide bonds. The Hall–Kier alpha value is -0.860. The number of ketones is 1. The smallest absolute Gasteiger partial charge is 0.302 e. The lowest BCUT2D eigenvalue weighted by Crippen LogP contribution is -2.39. The van der Waals surface area contributed by atoms with Crippen LogP contribution in [-0.4, -0.2) is 18.4 Å². The predicted molar refractivity (Wildman–Crippen MR) is 34.5 cm³/mol. The quantitative estimate of drug-likeness (QED) is 0.523. The molecule has 0 aliphatic heterocycles. The van der Waals surface area contributed by atoms with Crippen LogP contribution < -0.4 is 0 Å². The Morgan fingerprint density at radius 1 is 1.64 bits per heavy atom. The summed E-state index contributed by atoms with van der Waals surface area (Å²) < 4.78 is 4.87. The molecule has 4 rings (SSSR count). The zero-order valence-electron chi connectivity index (χ0n) is 6.16. The molecule has 4 fully saturated rings. The van der Waals surface area contributed by atoms with Gasteiger partial charge in [-0.1, -0.05) is 0 Å². The molecule has 0 heterocycles. The maximum atomic E-state index is 10.8. The van der Waals surface area contributed by atoms with E-state index >= 15 is 0 Å². The molecule has 4 saturated carbocycles. The predicted octanol–water partition coefficient (Wildman–Crippen LogP) is -0.00560. The second kappa shape index (κ2) is 1.24. The normalized spacial score (nSPS) is 54.3. The molecule has 0 saturated heterocycles. The first-order valence-electron chi connectivity index (χ1n) is 3.86. The zero-order chi connectivity index (χ0) is 7.80. The van der Waals surface area contributed by atoms with Crippen molar-refractivity contribution in [1.29, 1.82) is 0 Å². The van der Waals surface area contributed by atoms with Gasteiger partial charge in [-0.3, -0.25) is 9.59 Å². The Morgan fingerprint density at radius 3 is 2.64 bits per heavy atom. The average molecular weight is 152 g/mol. The standard InChI is InChI=1S/C8H8O3/c1-3(9)11-2-8-4-5(8)7(10)6(4)8/h4-6H,2H2,1H3. The van der Waals surface area contributed by atoms with Gasteiger partial charge < -0.3 is 4.74 Å². The Labute approximate surface area is 63.7 Å². The van der Waals surface area contributed by atoms with Gasteiger partial charge >= 0.3 is 5.97 Å². The lowest BCUT2D eigenvalue weighted by Gasteiger charge is -2.28. The first kappa shape index (κ1) is 5.75. The zero-order valence-corrected chi connectivity index (χ0v) is 6.16.